The molecular formula is C34H27F3O3S. The highest BCUT2D eigenvalue weighted by atomic mass is 32.2. The number of alkyl halides is 3. The Balaban J connectivity index is 1.42. The van der Waals surface area contributed by atoms with E-state index in [1.807, 2.05) is 31.2 Å². The third-order valence-corrected chi connectivity index (χ3v) is 9.19. The fraction of sp³-hybridized carbons (Fsp3) is 0.176. The average Bonchev–Trinajstić information content (AvgIpc) is 2.93. The van der Waals surface area contributed by atoms with Crippen molar-refractivity contribution in [3.63, 3.8) is 0 Å². The second-order valence-electron chi connectivity index (χ2n) is 10.7. The van der Waals surface area contributed by atoms with E-state index >= 15 is 0 Å². The molecule has 1 atom stereocenters. The first kappa shape index (κ1) is 27.1. The fourth-order valence-corrected chi connectivity index (χ4v) is 6.18. The molecule has 5 aromatic carbocycles. The molecule has 5 aromatic rings. The van der Waals surface area contributed by atoms with Gasteiger partial charge in [-0.15, -0.1) is 0 Å². The van der Waals surface area contributed by atoms with Crippen LogP contribution in [0, 0.1) is 6.92 Å². The molecule has 0 spiro atoms. The summed E-state index contributed by atoms with van der Waals surface area (Å²) >= 11 is 0. The lowest BCUT2D eigenvalue weighted by atomic mass is 9.70. The van der Waals surface area contributed by atoms with E-state index in [9.17, 15) is 21.6 Å². The van der Waals surface area contributed by atoms with Gasteiger partial charge in [-0.25, -0.2) is 0 Å². The zero-order valence-electron chi connectivity index (χ0n) is 22.5. The Labute approximate surface area is 237 Å². The second-order valence-corrected chi connectivity index (χ2v) is 12.2. The fourth-order valence-electron chi connectivity index (χ4n) is 5.72. The molecule has 7 heteroatoms. The van der Waals surface area contributed by atoms with Gasteiger partial charge in [0.15, 0.2) is 0 Å². The van der Waals surface area contributed by atoms with Crippen molar-refractivity contribution in [2.45, 2.75) is 37.6 Å². The Hall–Kier alpha value is -4.10. The average molecular weight is 573 g/mol. The van der Waals surface area contributed by atoms with Crippen LogP contribution >= 0.6 is 0 Å². The van der Waals surface area contributed by atoms with Crippen molar-refractivity contribution in [2.24, 2.45) is 0 Å². The van der Waals surface area contributed by atoms with E-state index in [0.717, 1.165) is 40.7 Å². The maximum Gasteiger partial charge on any atom is 0.534 e. The largest absolute Gasteiger partial charge is 0.534 e. The van der Waals surface area contributed by atoms with E-state index in [1.165, 1.54) is 39.6 Å². The minimum Gasteiger partial charge on any atom is -0.376 e. The van der Waals surface area contributed by atoms with Gasteiger partial charge in [0.25, 0.3) is 0 Å². The number of halogens is 3. The van der Waals surface area contributed by atoms with Crippen molar-refractivity contribution in [1.29, 1.82) is 0 Å². The van der Waals surface area contributed by atoms with E-state index in [2.05, 4.69) is 65.7 Å². The van der Waals surface area contributed by atoms with Crippen LogP contribution in [0.4, 0.5) is 13.2 Å². The summed E-state index contributed by atoms with van der Waals surface area (Å²) in [5.74, 6) is -0.403. The zero-order chi connectivity index (χ0) is 29.0. The number of rotatable bonds is 6. The van der Waals surface area contributed by atoms with Crippen LogP contribution in [0.1, 0.15) is 40.3 Å². The third-order valence-electron chi connectivity index (χ3n) is 8.22. The molecule has 0 aromatic heterocycles. The quantitative estimate of drug-likeness (QED) is 0.116. The molecule has 208 valence electrons. The summed E-state index contributed by atoms with van der Waals surface area (Å²) in [4.78, 5) is 0. The summed E-state index contributed by atoms with van der Waals surface area (Å²) in [5.41, 5.74) is 2.77. The van der Waals surface area contributed by atoms with Crippen LogP contribution in [0.3, 0.4) is 0 Å². The lowest BCUT2D eigenvalue weighted by molar-refractivity contribution is -0.0500. The molecule has 1 unspecified atom stereocenters. The van der Waals surface area contributed by atoms with Crippen molar-refractivity contribution in [3.8, 4) is 16.9 Å². The standard InChI is InChI=1S/C34H27F3O3S/c1-22-7-12-25(13-8-22)33(2,27-16-18-28(19-17-27)40-41(38,39)34(35,36)37)26-14-9-23(10-15-26)32-21-24-11-20-29(24)30-5-3-4-6-31(30)32/h3-10,12-19,21H,11,20H2,1-2H3. The molecule has 1 aliphatic rings. The van der Waals surface area contributed by atoms with Crippen LogP contribution in [0.15, 0.2) is 103 Å². The number of hydrogen-bond acceptors (Lipinski definition) is 3. The van der Waals surface area contributed by atoms with Crippen LogP contribution in [0.5, 0.6) is 5.75 Å². The van der Waals surface area contributed by atoms with Gasteiger partial charge in [0, 0.05) is 5.41 Å². The van der Waals surface area contributed by atoms with Gasteiger partial charge in [0.1, 0.15) is 5.75 Å². The second kappa shape index (κ2) is 9.77. The van der Waals surface area contributed by atoms with Gasteiger partial charge in [0.2, 0.25) is 0 Å². The molecule has 6 rings (SSSR count). The third kappa shape index (κ3) is 4.68. The minimum absolute atomic E-state index is 0.403. The summed E-state index contributed by atoms with van der Waals surface area (Å²) in [7, 11) is -5.76. The first-order chi connectivity index (χ1) is 19.5. The van der Waals surface area contributed by atoms with Crippen molar-refractivity contribution in [3.05, 3.63) is 137 Å². The first-order valence-corrected chi connectivity index (χ1v) is 14.7. The highest BCUT2D eigenvalue weighted by Gasteiger charge is 2.48. The van der Waals surface area contributed by atoms with Gasteiger partial charge in [-0.05, 0) is 88.5 Å². The Morgan fingerprint density at radius 2 is 1.24 bits per heavy atom. The molecule has 0 amide bonds. The van der Waals surface area contributed by atoms with E-state index < -0.39 is 26.8 Å². The number of benzene rings is 5. The predicted octanol–water partition coefficient (Wildman–Crippen LogP) is 8.50. The van der Waals surface area contributed by atoms with Crippen LogP contribution in [0.2, 0.25) is 0 Å². The number of hydrogen-bond donors (Lipinski definition) is 0. The van der Waals surface area contributed by atoms with Gasteiger partial charge in [0.05, 0.1) is 0 Å². The topological polar surface area (TPSA) is 43.4 Å². The lowest BCUT2D eigenvalue weighted by Gasteiger charge is -2.32. The van der Waals surface area contributed by atoms with Gasteiger partial charge < -0.3 is 4.18 Å². The smallest absolute Gasteiger partial charge is 0.376 e. The molecule has 0 aliphatic heterocycles. The number of aryl methyl sites for hydroxylation is 3. The Bertz CT molecular complexity index is 1860. The molecule has 0 saturated carbocycles. The Kier molecular flexibility index (Phi) is 6.46. The summed E-state index contributed by atoms with van der Waals surface area (Å²) < 4.78 is 65.9. The molecule has 0 heterocycles. The van der Waals surface area contributed by atoms with E-state index in [1.54, 1.807) is 12.1 Å². The van der Waals surface area contributed by atoms with E-state index in [4.69, 9.17) is 0 Å². The summed E-state index contributed by atoms with van der Waals surface area (Å²) in [6.07, 6.45) is 2.19. The molecule has 1 aliphatic carbocycles. The SMILES string of the molecule is Cc1ccc(C(C)(c2ccc(OS(=O)(=O)C(F)(F)F)cc2)c2ccc(-c3cc4c(c5ccccc35)CC4)cc2)cc1. The predicted molar refractivity (Wildman–Crippen MR) is 156 cm³/mol. The van der Waals surface area contributed by atoms with Crippen molar-refractivity contribution in [1.82, 2.24) is 0 Å². The molecule has 0 saturated heterocycles. The minimum atomic E-state index is -5.76. The van der Waals surface area contributed by atoms with Gasteiger partial charge >= 0.3 is 15.6 Å². The van der Waals surface area contributed by atoms with Crippen LogP contribution in [0.25, 0.3) is 21.9 Å². The first-order valence-electron chi connectivity index (χ1n) is 13.3. The van der Waals surface area contributed by atoms with Crippen LogP contribution in [-0.2, 0) is 28.4 Å². The van der Waals surface area contributed by atoms with Crippen molar-refractivity contribution < 1.29 is 25.8 Å². The summed E-state index contributed by atoms with van der Waals surface area (Å²) in [6, 6.07) is 33.0. The molecule has 41 heavy (non-hydrogen) atoms. The summed E-state index contributed by atoms with van der Waals surface area (Å²) in [5, 5.41) is 2.53. The van der Waals surface area contributed by atoms with Gasteiger partial charge in [-0.1, -0.05) is 96.6 Å². The Morgan fingerprint density at radius 1 is 0.707 bits per heavy atom. The van der Waals surface area contributed by atoms with Crippen molar-refractivity contribution >= 4 is 20.9 Å². The lowest BCUT2D eigenvalue weighted by Crippen LogP contribution is -2.28. The van der Waals surface area contributed by atoms with E-state index in [-0.39, 0.29) is 0 Å². The normalized spacial score (nSPS) is 14.7. The van der Waals surface area contributed by atoms with E-state index in [0.29, 0.717) is 0 Å². The van der Waals surface area contributed by atoms with Crippen LogP contribution in [-0.4, -0.2) is 13.9 Å². The maximum absolute atomic E-state index is 12.8. The van der Waals surface area contributed by atoms with Crippen molar-refractivity contribution in [2.75, 3.05) is 0 Å². The number of fused-ring (bicyclic) bond motifs is 3. The van der Waals surface area contributed by atoms with Gasteiger partial charge in [-0.3, -0.25) is 0 Å². The molecule has 0 bridgehead atoms. The van der Waals surface area contributed by atoms with Gasteiger partial charge in [-0.2, -0.15) is 21.6 Å². The zero-order valence-corrected chi connectivity index (χ0v) is 23.3. The van der Waals surface area contributed by atoms with Crippen LogP contribution < -0.4 is 4.18 Å². The molecule has 0 fully saturated rings. The molecule has 0 radical (unpaired) electrons. The highest BCUT2D eigenvalue weighted by Crippen LogP contribution is 2.42. The Morgan fingerprint density at radius 3 is 1.78 bits per heavy atom. The maximum atomic E-state index is 12.8. The summed E-state index contributed by atoms with van der Waals surface area (Å²) in [6.45, 7) is 4.05. The highest BCUT2D eigenvalue weighted by molar-refractivity contribution is 7.88. The monoisotopic (exact) mass is 572 g/mol. The molecule has 3 nitrogen and oxygen atoms in total. The molecular weight excluding hydrogens is 545 g/mol. The molecule has 0 N–H and O–H groups in total.